The highest BCUT2D eigenvalue weighted by atomic mass is 16.5. The topological polar surface area (TPSA) is 47.3 Å². The van der Waals surface area contributed by atoms with Crippen molar-refractivity contribution >= 4 is 0 Å². The van der Waals surface area contributed by atoms with Gasteiger partial charge in [0, 0.05) is 0 Å². The minimum atomic E-state index is 0.798. The summed E-state index contributed by atoms with van der Waals surface area (Å²) in [5.74, 6) is 1.08. The van der Waals surface area contributed by atoms with Crippen molar-refractivity contribution in [2.45, 2.75) is 32.1 Å². The number of hydrogen-bond donors (Lipinski definition) is 2. The van der Waals surface area contributed by atoms with E-state index in [-0.39, 0.29) is 0 Å². The van der Waals surface area contributed by atoms with Gasteiger partial charge in [0.15, 0.2) is 0 Å². The third kappa shape index (κ3) is 4.00. The Morgan fingerprint density at radius 1 is 1.22 bits per heavy atom. The average molecular weight is 248 g/mol. The zero-order valence-electron chi connectivity index (χ0n) is 11.1. The van der Waals surface area contributed by atoms with Gasteiger partial charge in [-0.3, -0.25) is 0 Å². The molecule has 100 valence electrons. The zero-order chi connectivity index (χ0) is 12.6. The summed E-state index contributed by atoms with van der Waals surface area (Å²) < 4.78 is 5.62. The molecule has 0 aliphatic carbocycles. The number of hydrogen-bond acceptors (Lipinski definition) is 3. The monoisotopic (exact) mass is 248 g/mol. The summed E-state index contributed by atoms with van der Waals surface area (Å²) in [6, 6.07) is 6.61. The second kappa shape index (κ2) is 7.39. The van der Waals surface area contributed by atoms with Gasteiger partial charge in [-0.1, -0.05) is 12.1 Å². The molecule has 0 saturated heterocycles. The minimum absolute atomic E-state index is 0.798. The van der Waals surface area contributed by atoms with E-state index in [1.807, 2.05) is 0 Å². The number of unbranched alkanes of at least 4 members (excludes halogenated alkanes) is 1. The Labute approximate surface area is 110 Å². The molecular formula is C15H24N2O. The van der Waals surface area contributed by atoms with Gasteiger partial charge in [-0.05, 0) is 68.9 Å². The molecule has 3 heteroatoms. The maximum absolute atomic E-state index is 5.62. The summed E-state index contributed by atoms with van der Waals surface area (Å²) in [6.07, 6.45) is 5.69. The number of aryl methyl sites for hydroxylation is 1. The molecule has 1 aromatic carbocycles. The smallest absolute Gasteiger partial charge is 0.122 e. The lowest BCUT2D eigenvalue weighted by Crippen LogP contribution is -2.19. The van der Waals surface area contributed by atoms with Crippen molar-refractivity contribution in [3.05, 3.63) is 29.3 Å². The Morgan fingerprint density at radius 3 is 3.06 bits per heavy atom. The van der Waals surface area contributed by atoms with Gasteiger partial charge in [-0.15, -0.1) is 0 Å². The molecule has 3 N–H and O–H groups in total. The van der Waals surface area contributed by atoms with Crippen molar-refractivity contribution in [3.63, 3.8) is 0 Å². The van der Waals surface area contributed by atoms with Gasteiger partial charge >= 0.3 is 0 Å². The fourth-order valence-corrected chi connectivity index (χ4v) is 2.32. The summed E-state index contributed by atoms with van der Waals surface area (Å²) in [6.45, 7) is 3.79. The molecule has 0 radical (unpaired) electrons. The second-order valence-electron chi connectivity index (χ2n) is 4.89. The lowest BCUT2D eigenvalue weighted by Gasteiger charge is -2.17. The van der Waals surface area contributed by atoms with Crippen LogP contribution in [0.25, 0.3) is 0 Å². The number of benzene rings is 1. The van der Waals surface area contributed by atoms with Gasteiger partial charge < -0.3 is 15.8 Å². The first-order chi connectivity index (χ1) is 8.90. The molecule has 3 nitrogen and oxygen atoms in total. The Balaban J connectivity index is 1.72. The van der Waals surface area contributed by atoms with Crippen LogP contribution in [0.3, 0.4) is 0 Å². The van der Waals surface area contributed by atoms with Crippen LogP contribution in [0, 0.1) is 0 Å². The predicted molar refractivity (Wildman–Crippen MR) is 75.1 cm³/mol. The standard InChI is InChI=1S/C15H24N2O/c16-8-1-2-9-17-10-7-13-5-6-15-14(12-13)4-3-11-18-15/h5-6,12,17H,1-4,7-11,16H2. The first-order valence-electron chi connectivity index (χ1n) is 7.05. The molecule has 0 saturated carbocycles. The number of ether oxygens (including phenoxy) is 1. The van der Waals surface area contributed by atoms with Crippen LogP contribution in [0.5, 0.6) is 5.75 Å². The van der Waals surface area contributed by atoms with E-state index < -0.39 is 0 Å². The van der Waals surface area contributed by atoms with Crippen LogP contribution >= 0.6 is 0 Å². The fraction of sp³-hybridized carbons (Fsp3) is 0.600. The lowest BCUT2D eigenvalue weighted by molar-refractivity contribution is 0.288. The van der Waals surface area contributed by atoms with Gasteiger partial charge in [0.2, 0.25) is 0 Å². The lowest BCUT2D eigenvalue weighted by atomic mass is 10.0. The van der Waals surface area contributed by atoms with Crippen molar-refractivity contribution in [1.29, 1.82) is 0 Å². The second-order valence-corrected chi connectivity index (χ2v) is 4.89. The minimum Gasteiger partial charge on any atom is -0.493 e. The molecule has 2 rings (SSSR count). The van der Waals surface area contributed by atoms with Gasteiger partial charge in [0.05, 0.1) is 6.61 Å². The van der Waals surface area contributed by atoms with Crippen molar-refractivity contribution < 1.29 is 4.74 Å². The van der Waals surface area contributed by atoms with E-state index in [1.165, 1.54) is 17.5 Å². The fourth-order valence-electron chi connectivity index (χ4n) is 2.32. The van der Waals surface area contributed by atoms with E-state index in [0.717, 1.165) is 57.7 Å². The Hall–Kier alpha value is -1.06. The van der Waals surface area contributed by atoms with Gasteiger partial charge in [-0.25, -0.2) is 0 Å². The van der Waals surface area contributed by atoms with Crippen LogP contribution in [0.15, 0.2) is 18.2 Å². The van der Waals surface area contributed by atoms with Gasteiger partial charge in [0.1, 0.15) is 5.75 Å². The third-order valence-corrected chi connectivity index (χ3v) is 3.37. The molecule has 1 heterocycles. The molecule has 18 heavy (non-hydrogen) atoms. The quantitative estimate of drug-likeness (QED) is 0.724. The molecule has 0 fully saturated rings. The van der Waals surface area contributed by atoms with E-state index in [9.17, 15) is 0 Å². The van der Waals surface area contributed by atoms with Crippen LogP contribution in [0.4, 0.5) is 0 Å². The van der Waals surface area contributed by atoms with Crippen LogP contribution in [0.2, 0.25) is 0 Å². The number of nitrogens with two attached hydrogens (primary N) is 1. The van der Waals surface area contributed by atoms with E-state index >= 15 is 0 Å². The maximum atomic E-state index is 5.62. The zero-order valence-corrected chi connectivity index (χ0v) is 11.1. The molecule has 1 aliphatic rings. The Morgan fingerprint density at radius 2 is 2.17 bits per heavy atom. The van der Waals surface area contributed by atoms with E-state index in [0.29, 0.717) is 0 Å². The summed E-state index contributed by atoms with van der Waals surface area (Å²) in [5, 5.41) is 3.46. The molecule has 1 aromatic rings. The van der Waals surface area contributed by atoms with Crippen LogP contribution < -0.4 is 15.8 Å². The summed E-state index contributed by atoms with van der Waals surface area (Å²) in [5.41, 5.74) is 8.24. The Kier molecular flexibility index (Phi) is 5.49. The molecule has 0 aromatic heterocycles. The molecule has 1 aliphatic heterocycles. The first-order valence-corrected chi connectivity index (χ1v) is 7.05. The summed E-state index contributed by atoms with van der Waals surface area (Å²) >= 11 is 0. The average Bonchev–Trinajstić information content (AvgIpc) is 2.42. The summed E-state index contributed by atoms with van der Waals surface area (Å²) in [4.78, 5) is 0. The first kappa shape index (κ1) is 13.4. The van der Waals surface area contributed by atoms with Crippen LogP contribution in [-0.4, -0.2) is 26.2 Å². The molecule has 0 unspecified atom stereocenters. The molecule has 0 amide bonds. The molecule has 0 atom stereocenters. The van der Waals surface area contributed by atoms with E-state index in [2.05, 4.69) is 23.5 Å². The van der Waals surface area contributed by atoms with Crippen LogP contribution in [-0.2, 0) is 12.8 Å². The van der Waals surface area contributed by atoms with Crippen molar-refractivity contribution in [3.8, 4) is 5.75 Å². The highest BCUT2D eigenvalue weighted by Gasteiger charge is 2.09. The van der Waals surface area contributed by atoms with E-state index in [4.69, 9.17) is 10.5 Å². The highest BCUT2D eigenvalue weighted by Crippen LogP contribution is 2.25. The predicted octanol–water partition coefficient (Wildman–Crippen LogP) is 1.88. The number of fused-ring (bicyclic) bond motifs is 1. The molecule has 0 spiro atoms. The van der Waals surface area contributed by atoms with Crippen molar-refractivity contribution in [2.24, 2.45) is 5.73 Å². The normalized spacial score (nSPS) is 14.1. The molecule has 0 bridgehead atoms. The summed E-state index contributed by atoms with van der Waals surface area (Å²) in [7, 11) is 0. The number of nitrogens with one attached hydrogen (secondary N) is 1. The van der Waals surface area contributed by atoms with Crippen molar-refractivity contribution in [1.82, 2.24) is 5.32 Å². The third-order valence-electron chi connectivity index (χ3n) is 3.37. The largest absolute Gasteiger partial charge is 0.493 e. The number of rotatable bonds is 7. The van der Waals surface area contributed by atoms with Crippen molar-refractivity contribution in [2.75, 3.05) is 26.2 Å². The maximum Gasteiger partial charge on any atom is 0.122 e. The van der Waals surface area contributed by atoms with Gasteiger partial charge in [0.25, 0.3) is 0 Å². The Bertz CT molecular complexity index is 366. The molecular weight excluding hydrogens is 224 g/mol. The van der Waals surface area contributed by atoms with Crippen LogP contribution in [0.1, 0.15) is 30.4 Å². The van der Waals surface area contributed by atoms with Gasteiger partial charge in [-0.2, -0.15) is 0 Å². The highest BCUT2D eigenvalue weighted by molar-refractivity contribution is 5.38. The SMILES string of the molecule is NCCCCNCCc1ccc2c(c1)CCCO2. The van der Waals surface area contributed by atoms with E-state index in [1.54, 1.807) is 0 Å².